The first-order valence-electron chi connectivity index (χ1n) is 5.88. The van der Waals surface area contributed by atoms with Crippen LogP contribution in [0.1, 0.15) is 19.3 Å². The molecule has 0 saturated carbocycles. The van der Waals surface area contributed by atoms with E-state index in [1.165, 1.54) is 0 Å². The standard InChI is InChI=1S/C13H12N2OS/c16-13-8-4-3-7-11(13)17-12-14-9-5-1-2-6-10(9)15(12)13/h1-2,5-7,16H,3-4,8H2. The molecule has 1 aliphatic heterocycles. The fraction of sp³-hybridized carbons (Fsp3) is 0.308. The third-order valence-electron chi connectivity index (χ3n) is 3.56. The van der Waals surface area contributed by atoms with E-state index in [-0.39, 0.29) is 0 Å². The topological polar surface area (TPSA) is 38.1 Å². The van der Waals surface area contributed by atoms with Crippen molar-refractivity contribution < 1.29 is 5.11 Å². The predicted octanol–water partition coefficient (Wildman–Crippen LogP) is 2.85. The van der Waals surface area contributed by atoms with Crippen molar-refractivity contribution >= 4 is 22.8 Å². The normalized spacial score (nSPS) is 26.8. The second kappa shape index (κ2) is 3.15. The molecule has 17 heavy (non-hydrogen) atoms. The average Bonchev–Trinajstić information content (AvgIpc) is 2.82. The Balaban J connectivity index is 2.06. The van der Waals surface area contributed by atoms with E-state index in [9.17, 15) is 5.11 Å². The molecule has 1 unspecified atom stereocenters. The van der Waals surface area contributed by atoms with Crippen LogP contribution in [-0.4, -0.2) is 14.7 Å². The Morgan fingerprint density at radius 3 is 3.18 bits per heavy atom. The fourth-order valence-corrected chi connectivity index (χ4v) is 3.98. The third kappa shape index (κ3) is 1.14. The number of allylic oxidation sites excluding steroid dienone is 1. The van der Waals surface area contributed by atoms with E-state index in [1.54, 1.807) is 11.8 Å². The molecule has 0 spiro atoms. The lowest BCUT2D eigenvalue weighted by Crippen LogP contribution is -2.32. The highest BCUT2D eigenvalue weighted by atomic mass is 32.2. The number of aliphatic hydroxyl groups is 1. The van der Waals surface area contributed by atoms with Crippen LogP contribution < -0.4 is 0 Å². The van der Waals surface area contributed by atoms with Crippen molar-refractivity contribution in [3.8, 4) is 0 Å². The van der Waals surface area contributed by atoms with Gasteiger partial charge in [0.05, 0.1) is 11.0 Å². The van der Waals surface area contributed by atoms with E-state index in [4.69, 9.17) is 0 Å². The minimum absolute atomic E-state index is 0.791. The summed E-state index contributed by atoms with van der Waals surface area (Å²) in [5.41, 5.74) is 1.16. The number of benzene rings is 1. The van der Waals surface area contributed by atoms with Crippen molar-refractivity contribution in [1.82, 2.24) is 9.55 Å². The molecule has 0 saturated heterocycles. The summed E-state index contributed by atoms with van der Waals surface area (Å²) in [6, 6.07) is 8.01. The number of aromatic nitrogens is 2. The Morgan fingerprint density at radius 2 is 2.24 bits per heavy atom. The van der Waals surface area contributed by atoms with Crippen LogP contribution in [0, 0.1) is 0 Å². The summed E-state index contributed by atoms with van der Waals surface area (Å²) in [5.74, 6) is 0. The molecule has 0 bridgehead atoms. The Bertz CT molecular complexity index is 646. The molecule has 86 valence electrons. The molecule has 2 aliphatic rings. The molecule has 0 fully saturated rings. The second-order valence-corrected chi connectivity index (χ2v) is 5.61. The summed E-state index contributed by atoms with van der Waals surface area (Å²) >= 11 is 1.61. The number of fused-ring (bicyclic) bond motifs is 5. The third-order valence-corrected chi connectivity index (χ3v) is 4.72. The van der Waals surface area contributed by atoms with Crippen molar-refractivity contribution in [3.05, 3.63) is 35.2 Å². The van der Waals surface area contributed by atoms with Crippen molar-refractivity contribution in [2.45, 2.75) is 30.1 Å². The van der Waals surface area contributed by atoms with Gasteiger partial charge >= 0.3 is 0 Å². The summed E-state index contributed by atoms with van der Waals surface area (Å²) in [4.78, 5) is 5.64. The highest BCUT2D eigenvalue weighted by molar-refractivity contribution is 8.03. The van der Waals surface area contributed by atoms with Gasteiger partial charge < -0.3 is 5.11 Å². The van der Waals surface area contributed by atoms with Gasteiger partial charge in [-0.25, -0.2) is 4.98 Å². The van der Waals surface area contributed by atoms with Gasteiger partial charge in [-0.05, 0) is 25.0 Å². The van der Waals surface area contributed by atoms with E-state index in [0.717, 1.165) is 40.4 Å². The van der Waals surface area contributed by atoms with Crippen molar-refractivity contribution in [3.63, 3.8) is 0 Å². The van der Waals surface area contributed by atoms with Gasteiger partial charge in [0.2, 0.25) is 0 Å². The van der Waals surface area contributed by atoms with E-state index >= 15 is 0 Å². The van der Waals surface area contributed by atoms with E-state index in [2.05, 4.69) is 11.1 Å². The Kier molecular flexibility index (Phi) is 1.80. The first-order chi connectivity index (χ1) is 8.29. The van der Waals surface area contributed by atoms with Crippen molar-refractivity contribution in [1.29, 1.82) is 0 Å². The van der Waals surface area contributed by atoms with E-state index < -0.39 is 5.72 Å². The minimum Gasteiger partial charge on any atom is -0.366 e. The molecule has 1 aliphatic carbocycles. The monoisotopic (exact) mass is 244 g/mol. The molecule has 4 rings (SSSR count). The van der Waals surface area contributed by atoms with Gasteiger partial charge in [-0.15, -0.1) is 0 Å². The van der Waals surface area contributed by atoms with Crippen LogP contribution in [0.15, 0.2) is 40.4 Å². The Morgan fingerprint density at radius 1 is 1.35 bits per heavy atom. The van der Waals surface area contributed by atoms with Crippen molar-refractivity contribution in [2.75, 3.05) is 0 Å². The van der Waals surface area contributed by atoms with E-state index in [1.807, 2.05) is 28.8 Å². The van der Waals surface area contributed by atoms with Crippen LogP contribution in [0.25, 0.3) is 11.0 Å². The lowest BCUT2D eigenvalue weighted by atomic mass is 9.98. The molecular weight excluding hydrogens is 232 g/mol. The van der Waals surface area contributed by atoms with Crippen LogP contribution in [0.3, 0.4) is 0 Å². The van der Waals surface area contributed by atoms with Crippen LogP contribution in [0.4, 0.5) is 0 Å². The van der Waals surface area contributed by atoms with Gasteiger partial charge in [-0.3, -0.25) is 4.57 Å². The van der Waals surface area contributed by atoms with Crippen LogP contribution in [-0.2, 0) is 5.72 Å². The molecule has 2 aromatic rings. The lowest BCUT2D eigenvalue weighted by molar-refractivity contribution is -0.00378. The summed E-state index contributed by atoms with van der Waals surface area (Å²) in [5, 5.41) is 11.8. The van der Waals surface area contributed by atoms with Gasteiger partial charge in [-0.2, -0.15) is 0 Å². The van der Waals surface area contributed by atoms with Gasteiger partial charge in [0.15, 0.2) is 10.9 Å². The molecule has 1 N–H and O–H groups in total. The van der Waals surface area contributed by atoms with Gasteiger partial charge in [-0.1, -0.05) is 30.0 Å². The molecule has 1 atom stereocenters. The highest BCUT2D eigenvalue weighted by Gasteiger charge is 2.44. The molecule has 1 aromatic heterocycles. The van der Waals surface area contributed by atoms with Crippen molar-refractivity contribution in [2.24, 2.45) is 0 Å². The zero-order valence-electron chi connectivity index (χ0n) is 9.26. The first kappa shape index (κ1) is 9.74. The molecule has 2 heterocycles. The zero-order chi connectivity index (χ0) is 11.5. The molecular formula is C13H12N2OS. The number of imidazole rings is 1. The molecule has 3 nitrogen and oxygen atoms in total. The zero-order valence-corrected chi connectivity index (χ0v) is 10.1. The van der Waals surface area contributed by atoms with Crippen LogP contribution in [0.2, 0.25) is 0 Å². The maximum atomic E-state index is 10.9. The molecule has 4 heteroatoms. The quantitative estimate of drug-likeness (QED) is 0.774. The average molecular weight is 244 g/mol. The number of hydrogen-bond donors (Lipinski definition) is 1. The summed E-state index contributed by atoms with van der Waals surface area (Å²) < 4.78 is 2.00. The smallest absolute Gasteiger partial charge is 0.176 e. The summed E-state index contributed by atoms with van der Waals surface area (Å²) in [7, 11) is 0. The highest BCUT2D eigenvalue weighted by Crippen LogP contribution is 2.51. The number of nitrogens with zero attached hydrogens (tertiary/aromatic N) is 2. The van der Waals surface area contributed by atoms with Gasteiger partial charge in [0.25, 0.3) is 0 Å². The number of para-hydroxylation sites is 2. The Labute approximate surface area is 103 Å². The maximum Gasteiger partial charge on any atom is 0.176 e. The largest absolute Gasteiger partial charge is 0.366 e. The fourth-order valence-electron chi connectivity index (χ4n) is 2.74. The molecule has 0 radical (unpaired) electrons. The number of thioether (sulfide) groups is 1. The Hall–Kier alpha value is -1.26. The maximum absolute atomic E-state index is 10.9. The number of hydrogen-bond acceptors (Lipinski definition) is 3. The summed E-state index contributed by atoms with van der Waals surface area (Å²) in [6.07, 6.45) is 5.04. The predicted molar refractivity (Wildman–Crippen MR) is 67.7 cm³/mol. The van der Waals surface area contributed by atoms with Gasteiger partial charge in [0, 0.05) is 11.3 Å². The molecule has 1 aromatic carbocycles. The van der Waals surface area contributed by atoms with Crippen LogP contribution in [0.5, 0.6) is 0 Å². The SMILES string of the molecule is OC12CCCC=C1Sc1nc3ccccc3n12. The minimum atomic E-state index is -0.839. The van der Waals surface area contributed by atoms with Crippen LogP contribution >= 0.6 is 11.8 Å². The number of rotatable bonds is 0. The summed E-state index contributed by atoms with van der Waals surface area (Å²) in [6.45, 7) is 0. The van der Waals surface area contributed by atoms with Gasteiger partial charge in [0.1, 0.15) is 0 Å². The second-order valence-electron chi connectivity index (χ2n) is 4.60. The molecule has 0 amide bonds. The first-order valence-corrected chi connectivity index (χ1v) is 6.69. The van der Waals surface area contributed by atoms with E-state index in [0.29, 0.717) is 0 Å². The lowest BCUT2D eigenvalue weighted by Gasteiger charge is -2.29.